The normalized spacial score (nSPS) is 11.9. The number of methoxy groups -OCH3 is 1. The average Bonchev–Trinajstić information content (AvgIpc) is 2.91. The second-order valence-corrected chi connectivity index (χ2v) is 10.6. The van der Waals surface area contributed by atoms with Crippen LogP contribution in [0, 0.1) is 13.8 Å². The van der Waals surface area contributed by atoms with Crippen LogP contribution in [0.4, 0.5) is 5.69 Å². The van der Waals surface area contributed by atoms with E-state index in [1.165, 1.54) is 24.1 Å². The predicted molar refractivity (Wildman–Crippen MR) is 144 cm³/mol. The number of hydrogen-bond acceptors (Lipinski definition) is 5. The molecule has 0 aromatic heterocycles. The fraction of sp³-hybridized carbons (Fsp3) is 0.286. The van der Waals surface area contributed by atoms with E-state index in [-0.39, 0.29) is 17.3 Å². The Hall–Kier alpha value is -3.85. The summed E-state index contributed by atoms with van der Waals surface area (Å²) in [5.74, 6) is -0.200. The number of sulfonamides is 1. The summed E-state index contributed by atoms with van der Waals surface area (Å²) in [5.41, 5.74) is 2.83. The van der Waals surface area contributed by atoms with Crippen molar-refractivity contribution in [1.29, 1.82) is 0 Å². The summed E-state index contributed by atoms with van der Waals surface area (Å²) in [6.07, 6.45) is 0. The van der Waals surface area contributed by atoms with E-state index in [1.807, 2.05) is 19.9 Å². The third-order valence-electron chi connectivity index (χ3n) is 6.38. The Morgan fingerprint density at radius 1 is 0.946 bits per heavy atom. The van der Waals surface area contributed by atoms with Gasteiger partial charge in [-0.1, -0.05) is 42.5 Å². The zero-order valence-electron chi connectivity index (χ0n) is 21.8. The first-order chi connectivity index (χ1) is 17.6. The molecule has 0 heterocycles. The minimum atomic E-state index is -4.09. The molecule has 0 radical (unpaired) electrons. The lowest BCUT2D eigenvalue weighted by Crippen LogP contribution is -2.50. The lowest BCUT2D eigenvalue weighted by atomic mass is 10.1. The molecule has 3 aromatic rings. The van der Waals surface area contributed by atoms with Crippen molar-refractivity contribution >= 4 is 27.5 Å². The summed E-state index contributed by atoms with van der Waals surface area (Å²) < 4.78 is 33.9. The van der Waals surface area contributed by atoms with Gasteiger partial charge in [-0.3, -0.25) is 13.9 Å². The molecular weight excluding hydrogens is 490 g/mol. The SMILES string of the molecule is CNC(=O)[C@H](C)N(Cc1ccc(OC)cc1)C(=O)CN(c1cccc(C)c1C)S(=O)(=O)c1ccccc1. The van der Waals surface area contributed by atoms with E-state index in [2.05, 4.69) is 5.32 Å². The van der Waals surface area contributed by atoms with Crippen LogP contribution in [-0.4, -0.2) is 51.9 Å². The molecule has 3 aromatic carbocycles. The molecule has 196 valence electrons. The first kappa shape index (κ1) is 27.7. The second kappa shape index (κ2) is 11.9. The average molecular weight is 524 g/mol. The maximum Gasteiger partial charge on any atom is 0.264 e. The van der Waals surface area contributed by atoms with Crippen molar-refractivity contribution in [2.75, 3.05) is 25.0 Å². The van der Waals surface area contributed by atoms with Crippen LogP contribution in [0.1, 0.15) is 23.6 Å². The molecule has 0 unspecified atom stereocenters. The van der Waals surface area contributed by atoms with Crippen LogP contribution in [0.25, 0.3) is 0 Å². The maximum atomic E-state index is 13.8. The Kier molecular flexibility index (Phi) is 8.94. The Bertz CT molecular complexity index is 1340. The number of amides is 2. The molecule has 2 amide bonds. The number of benzene rings is 3. The molecular formula is C28H33N3O5S. The molecule has 0 aliphatic carbocycles. The van der Waals surface area contributed by atoms with Gasteiger partial charge in [0.25, 0.3) is 10.0 Å². The monoisotopic (exact) mass is 523 g/mol. The van der Waals surface area contributed by atoms with Crippen LogP contribution in [0.15, 0.2) is 77.7 Å². The van der Waals surface area contributed by atoms with E-state index in [4.69, 9.17) is 4.74 Å². The van der Waals surface area contributed by atoms with Crippen molar-refractivity contribution in [1.82, 2.24) is 10.2 Å². The molecule has 3 rings (SSSR count). The highest BCUT2D eigenvalue weighted by Crippen LogP contribution is 2.29. The minimum Gasteiger partial charge on any atom is -0.497 e. The Morgan fingerprint density at radius 3 is 2.19 bits per heavy atom. The number of nitrogens with one attached hydrogen (secondary N) is 1. The fourth-order valence-electron chi connectivity index (χ4n) is 3.96. The lowest BCUT2D eigenvalue weighted by Gasteiger charge is -2.32. The summed E-state index contributed by atoms with van der Waals surface area (Å²) in [4.78, 5) is 27.8. The van der Waals surface area contributed by atoms with Crippen molar-refractivity contribution in [3.8, 4) is 5.75 Å². The van der Waals surface area contributed by atoms with Crippen molar-refractivity contribution in [3.63, 3.8) is 0 Å². The van der Waals surface area contributed by atoms with Gasteiger partial charge in [-0.15, -0.1) is 0 Å². The van der Waals surface area contributed by atoms with Gasteiger partial charge in [0, 0.05) is 13.6 Å². The van der Waals surface area contributed by atoms with Crippen LogP contribution in [0.5, 0.6) is 5.75 Å². The van der Waals surface area contributed by atoms with Crippen LogP contribution in [0.3, 0.4) is 0 Å². The molecule has 0 fully saturated rings. The number of carbonyl (C=O) groups is 2. The van der Waals surface area contributed by atoms with Gasteiger partial charge in [0.2, 0.25) is 11.8 Å². The number of rotatable bonds is 10. The number of anilines is 1. The van der Waals surface area contributed by atoms with Gasteiger partial charge >= 0.3 is 0 Å². The van der Waals surface area contributed by atoms with Gasteiger partial charge in [-0.05, 0) is 67.8 Å². The summed E-state index contributed by atoms with van der Waals surface area (Å²) >= 11 is 0. The molecule has 0 saturated heterocycles. The predicted octanol–water partition coefficient (Wildman–Crippen LogP) is 3.67. The van der Waals surface area contributed by atoms with Crippen molar-refractivity contribution in [2.45, 2.75) is 38.3 Å². The number of aryl methyl sites for hydroxylation is 1. The largest absolute Gasteiger partial charge is 0.497 e. The van der Waals surface area contributed by atoms with Gasteiger partial charge in [0.15, 0.2) is 0 Å². The third-order valence-corrected chi connectivity index (χ3v) is 8.15. The quantitative estimate of drug-likeness (QED) is 0.438. The van der Waals surface area contributed by atoms with E-state index >= 15 is 0 Å². The van der Waals surface area contributed by atoms with Crippen molar-refractivity contribution in [3.05, 3.63) is 89.5 Å². The van der Waals surface area contributed by atoms with Gasteiger partial charge in [-0.25, -0.2) is 8.42 Å². The maximum absolute atomic E-state index is 13.8. The van der Waals surface area contributed by atoms with Crippen LogP contribution in [-0.2, 0) is 26.2 Å². The van der Waals surface area contributed by atoms with Crippen LogP contribution < -0.4 is 14.4 Å². The Balaban J connectivity index is 2.05. The van der Waals surface area contributed by atoms with E-state index < -0.39 is 28.5 Å². The fourth-order valence-corrected chi connectivity index (χ4v) is 5.45. The second-order valence-electron chi connectivity index (χ2n) is 8.70. The van der Waals surface area contributed by atoms with Crippen LogP contribution >= 0.6 is 0 Å². The topological polar surface area (TPSA) is 96.0 Å². The molecule has 8 nitrogen and oxygen atoms in total. The summed E-state index contributed by atoms with van der Waals surface area (Å²) in [6.45, 7) is 4.97. The zero-order chi connectivity index (χ0) is 27.2. The first-order valence-corrected chi connectivity index (χ1v) is 13.3. The van der Waals surface area contributed by atoms with Crippen molar-refractivity contribution in [2.24, 2.45) is 0 Å². The highest BCUT2D eigenvalue weighted by atomic mass is 32.2. The van der Waals surface area contributed by atoms with Crippen molar-refractivity contribution < 1.29 is 22.7 Å². The number of likely N-dealkylation sites (N-methyl/N-ethyl adjacent to an activating group) is 1. The molecule has 0 aliphatic rings. The molecule has 0 spiro atoms. The van der Waals surface area contributed by atoms with Gasteiger partial charge in [0.05, 0.1) is 17.7 Å². The van der Waals surface area contributed by atoms with Gasteiger partial charge in [0.1, 0.15) is 18.3 Å². The van der Waals surface area contributed by atoms with E-state index in [0.29, 0.717) is 11.4 Å². The van der Waals surface area contributed by atoms with E-state index in [9.17, 15) is 18.0 Å². The molecule has 0 saturated carbocycles. The molecule has 0 bridgehead atoms. The molecule has 1 atom stereocenters. The summed E-state index contributed by atoms with van der Waals surface area (Å²) in [7, 11) is -1.03. The highest BCUT2D eigenvalue weighted by Gasteiger charge is 2.33. The Labute approximate surface area is 218 Å². The molecule has 1 N–H and O–H groups in total. The standard InChI is InChI=1S/C28H33N3O5S/c1-20-10-9-13-26(21(20)2)31(37(34,35)25-11-7-6-8-12-25)19-27(32)30(22(3)28(33)29-4)18-23-14-16-24(36-5)17-15-23/h6-17,22H,18-19H2,1-5H3,(H,29,33)/t22-/m0/s1. The molecule has 37 heavy (non-hydrogen) atoms. The summed E-state index contributed by atoms with van der Waals surface area (Å²) in [5, 5.41) is 2.58. The number of ether oxygens (including phenoxy) is 1. The molecule has 9 heteroatoms. The smallest absolute Gasteiger partial charge is 0.264 e. The summed E-state index contributed by atoms with van der Waals surface area (Å²) in [6, 6.07) is 19.7. The van der Waals surface area contributed by atoms with Gasteiger partial charge in [-0.2, -0.15) is 0 Å². The zero-order valence-corrected chi connectivity index (χ0v) is 22.6. The van der Waals surface area contributed by atoms with E-state index in [0.717, 1.165) is 21.0 Å². The molecule has 0 aliphatic heterocycles. The van der Waals surface area contributed by atoms with E-state index in [1.54, 1.807) is 68.6 Å². The number of nitrogens with zero attached hydrogens (tertiary/aromatic N) is 2. The number of hydrogen-bond donors (Lipinski definition) is 1. The number of carbonyl (C=O) groups excluding carboxylic acids is 2. The van der Waals surface area contributed by atoms with Gasteiger partial charge < -0.3 is 15.0 Å². The third kappa shape index (κ3) is 6.29. The minimum absolute atomic E-state index is 0.0739. The Morgan fingerprint density at radius 2 is 1.59 bits per heavy atom. The first-order valence-electron chi connectivity index (χ1n) is 11.9. The lowest BCUT2D eigenvalue weighted by molar-refractivity contribution is -0.139. The van der Waals surface area contributed by atoms with Crippen LogP contribution in [0.2, 0.25) is 0 Å². The highest BCUT2D eigenvalue weighted by molar-refractivity contribution is 7.92.